The highest BCUT2D eigenvalue weighted by molar-refractivity contribution is 6.02. The Morgan fingerprint density at radius 3 is 2.32 bits per heavy atom. The molecule has 1 aliphatic rings. The molecular weight excluding hydrogens is 348 g/mol. The van der Waals surface area contributed by atoms with Crippen LogP contribution in [0.5, 0.6) is 5.75 Å². The van der Waals surface area contributed by atoms with Crippen LogP contribution in [0, 0.1) is 0 Å². The van der Waals surface area contributed by atoms with Crippen molar-refractivity contribution in [3.8, 4) is 17.0 Å². The molecule has 0 amide bonds. The summed E-state index contributed by atoms with van der Waals surface area (Å²) >= 11 is 0. The lowest BCUT2D eigenvalue weighted by Gasteiger charge is -2.34. The van der Waals surface area contributed by atoms with Gasteiger partial charge >= 0.3 is 0 Å². The predicted octanol–water partition coefficient (Wildman–Crippen LogP) is 4.06. The molecule has 1 aromatic heterocycles. The number of ether oxygens (including phenoxy) is 1. The molecule has 0 radical (unpaired) electrons. The van der Waals surface area contributed by atoms with Gasteiger partial charge in [0.25, 0.3) is 0 Å². The van der Waals surface area contributed by atoms with Gasteiger partial charge < -0.3 is 24.8 Å². The molecule has 28 heavy (non-hydrogen) atoms. The first-order chi connectivity index (χ1) is 13.6. The van der Waals surface area contributed by atoms with Crippen molar-refractivity contribution < 1.29 is 4.74 Å². The quantitative estimate of drug-likeness (QED) is 0.727. The van der Waals surface area contributed by atoms with Crippen molar-refractivity contribution in [1.29, 1.82) is 0 Å². The highest BCUT2D eigenvalue weighted by atomic mass is 16.5. The second-order valence-electron chi connectivity index (χ2n) is 7.46. The molecule has 5 nitrogen and oxygen atoms in total. The van der Waals surface area contributed by atoms with Crippen LogP contribution >= 0.6 is 0 Å². The number of nitrogens with two attached hydrogens (primary N) is 1. The van der Waals surface area contributed by atoms with Gasteiger partial charge in [-0.3, -0.25) is 0 Å². The van der Waals surface area contributed by atoms with Crippen LogP contribution in [-0.2, 0) is 6.54 Å². The van der Waals surface area contributed by atoms with Crippen molar-refractivity contribution in [1.82, 2.24) is 9.47 Å². The van der Waals surface area contributed by atoms with E-state index in [0.29, 0.717) is 6.61 Å². The third-order valence-corrected chi connectivity index (χ3v) is 5.71. The minimum Gasteiger partial charge on any atom is -0.494 e. The fourth-order valence-corrected chi connectivity index (χ4v) is 4.14. The van der Waals surface area contributed by atoms with Gasteiger partial charge in [-0.25, -0.2) is 0 Å². The van der Waals surface area contributed by atoms with Gasteiger partial charge in [-0.15, -0.1) is 0 Å². The molecule has 0 spiro atoms. The Morgan fingerprint density at radius 1 is 0.964 bits per heavy atom. The molecule has 0 atom stereocenters. The summed E-state index contributed by atoms with van der Waals surface area (Å²) in [6, 6.07) is 14.9. The van der Waals surface area contributed by atoms with Crippen molar-refractivity contribution in [2.45, 2.75) is 20.4 Å². The molecule has 148 valence electrons. The van der Waals surface area contributed by atoms with E-state index in [1.807, 2.05) is 19.1 Å². The molecule has 1 aliphatic heterocycles. The normalized spacial score (nSPS) is 15.3. The summed E-state index contributed by atoms with van der Waals surface area (Å²) in [5, 5.41) is 1.13. The molecule has 1 saturated heterocycles. The fraction of sp³-hybridized carbons (Fsp3) is 0.391. The van der Waals surface area contributed by atoms with Gasteiger partial charge in [0.2, 0.25) is 0 Å². The van der Waals surface area contributed by atoms with Crippen LogP contribution in [0.15, 0.2) is 42.5 Å². The number of nitrogen functional groups attached to an aromatic ring is 1. The number of benzene rings is 2. The van der Waals surface area contributed by atoms with Gasteiger partial charge in [0.15, 0.2) is 0 Å². The van der Waals surface area contributed by atoms with E-state index in [0.717, 1.165) is 60.8 Å². The van der Waals surface area contributed by atoms with Gasteiger partial charge in [-0.2, -0.15) is 0 Å². The van der Waals surface area contributed by atoms with Crippen LogP contribution in [0.1, 0.15) is 13.8 Å². The summed E-state index contributed by atoms with van der Waals surface area (Å²) in [5.74, 6) is 0.890. The number of fused-ring (bicyclic) bond motifs is 1. The lowest BCUT2D eigenvalue weighted by Crippen LogP contribution is -2.44. The second kappa shape index (κ2) is 7.76. The Balaban J connectivity index is 1.76. The van der Waals surface area contributed by atoms with Gasteiger partial charge in [-0.1, -0.05) is 0 Å². The second-order valence-corrected chi connectivity index (χ2v) is 7.46. The number of nitrogens with zero attached hydrogens (tertiary/aromatic N) is 3. The van der Waals surface area contributed by atoms with Crippen molar-refractivity contribution in [3.05, 3.63) is 42.5 Å². The molecule has 4 rings (SSSR count). The number of likely N-dealkylation sites (N-methyl/N-ethyl adjacent to an activating group) is 1. The number of hydrogen-bond donors (Lipinski definition) is 1. The third-order valence-electron chi connectivity index (χ3n) is 5.71. The molecule has 2 aromatic carbocycles. The molecule has 0 saturated carbocycles. The Kier molecular flexibility index (Phi) is 5.18. The SMILES string of the molecule is CCOc1ccc(-c2c(N)c3ccc(N4CCN(C)CC4)cc3n2CC)cc1. The first-order valence-electron chi connectivity index (χ1n) is 10.2. The van der Waals surface area contributed by atoms with E-state index in [4.69, 9.17) is 10.5 Å². The van der Waals surface area contributed by atoms with E-state index in [1.165, 1.54) is 11.2 Å². The Labute approximate surface area is 167 Å². The zero-order valence-corrected chi connectivity index (χ0v) is 17.1. The zero-order chi connectivity index (χ0) is 19.7. The lowest BCUT2D eigenvalue weighted by molar-refractivity contribution is 0.313. The number of aromatic nitrogens is 1. The minimum atomic E-state index is 0.672. The predicted molar refractivity (Wildman–Crippen MR) is 118 cm³/mol. The topological polar surface area (TPSA) is 46.7 Å². The monoisotopic (exact) mass is 378 g/mol. The van der Waals surface area contributed by atoms with Gasteiger partial charge in [0.1, 0.15) is 5.75 Å². The van der Waals surface area contributed by atoms with Crippen LogP contribution in [-0.4, -0.2) is 49.3 Å². The summed E-state index contributed by atoms with van der Waals surface area (Å²) in [4.78, 5) is 4.85. The molecule has 1 fully saturated rings. The summed E-state index contributed by atoms with van der Waals surface area (Å²) in [6.07, 6.45) is 0. The average molecular weight is 379 g/mol. The number of piperazine rings is 1. The number of aryl methyl sites for hydroxylation is 1. The highest BCUT2D eigenvalue weighted by Crippen LogP contribution is 2.38. The van der Waals surface area contributed by atoms with Crippen molar-refractivity contribution >= 4 is 22.3 Å². The molecular formula is C23H30N4O. The Morgan fingerprint density at radius 2 is 1.68 bits per heavy atom. The Bertz CT molecular complexity index is 953. The number of anilines is 2. The van der Waals surface area contributed by atoms with Gasteiger partial charge in [0.05, 0.1) is 23.5 Å². The lowest BCUT2D eigenvalue weighted by atomic mass is 10.1. The number of rotatable bonds is 5. The van der Waals surface area contributed by atoms with Crippen LogP contribution in [0.25, 0.3) is 22.2 Å². The van der Waals surface area contributed by atoms with E-state index in [-0.39, 0.29) is 0 Å². The maximum atomic E-state index is 6.62. The maximum Gasteiger partial charge on any atom is 0.119 e. The third kappa shape index (κ3) is 3.31. The molecule has 0 aliphatic carbocycles. The maximum absolute atomic E-state index is 6.62. The molecule has 2 heterocycles. The fourth-order valence-electron chi connectivity index (χ4n) is 4.14. The summed E-state index contributed by atoms with van der Waals surface area (Å²) in [5.41, 5.74) is 12.2. The average Bonchev–Trinajstić information content (AvgIpc) is 3.00. The largest absolute Gasteiger partial charge is 0.494 e. The van der Waals surface area contributed by atoms with Crippen LogP contribution < -0.4 is 15.4 Å². The molecule has 0 bridgehead atoms. The van der Waals surface area contributed by atoms with E-state index >= 15 is 0 Å². The smallest absolute Gasteiger partial charge is 0.119 e. The van der Waals surface area contributed by atoms with Gasteiger partial charge in [-0.05, 0) is 63.4 Å². The zero-order valence-electron chi connectivity index (χ0n) is 17.1. The van der Waals surface area contributed by atoms with Crippen molar-refractivity contribution in [3.63, 3.8) is 0 Å². The van der Waals surface area contributed by atoms with E-state index in [9.17, 15) is 0 Å². The van der Waals surface area contributed by atoms with E-state index in [2.05, 4.69) is 58.7 Å². The minimum absolute atomic E-state index is 0.672. The van der Waals surface area contributed by atoms with Gasteiger partial charge in [0, 0.05) is 49.4 Å². The van der Waals surface area contributed by atoms with Crippen molar-refractivity contribution in [2.75, 3.05) is 50.5 Å². The molecule has 3 aromatic rings. The highest BCUT2D eigenvalue weighted by Gasteiger charge is 2.19. The van der Waals surface area contributed by atoms with Crippen LogP contribution in [0.2, 0.25) is 0 Å². The van der Waals surface area contributed by atoms with E-state index < -0.39 is 0 Å². The van der Waals surface area contributed by atoms with Crippen molar-refractivity contribution in [2.24, 2.45) is 0 Å². The van der Waals surface area contributed by atoms with Crippen LogP contribution in [0.3, 0.4) is 0 Å². The summed E-state index contributed by atoms with van der Waals surface area (Å²) in [6.45, 7) is 10.1. The summed E-state index contributed by atoms with van der Waals surface area (Å²) in [7, 11) is 2.19. The van der Waals surface area contributed by atoms with Crippen LogP contribution in [0.4, 0.5) is 11.4 Å². The summed E-state index contributed by atoms with van der Waals surface area (Å²) < 4.78 is 7.92. The molecule has 2 N–H and O–H groups in total. The first-order valence-corrected chi connectivity index (χ1v) is 10.2. The Hall–Kier alpha value is -2.66. The molecule has 5 heteroatoms. The number of hydrogen-bond acceptors (Lipinski definition) is 4. The standard InChI is InChI=1S/C23H30N4O/c1-4-27-21-16-18(26-14-12-25(3)13-15-26)8-11-20(21)22(24)23(27)17-6-9-19(10-7-17)28-5-2/h6-11,16H,4-5,12-15,24H2,1-3H3. The molecule has 0 unspecified atom stereocenters. The van der Waals surface area contributed by atoms with E-state index in [1.54, 1.807) is 0 Å². The first kappa shape index (κ1) is 18.7.